The quantitative estimate of drug-likeness (QED) is 0.705. The van der Waals surface area contributed by atoms with E-state index in [0.717, 1.165) is 24.8 Å². The first-order valence-corrected chi connectivity index (χ1v) is 10.5. The Bertz CT molecular complexity index is 803. The molecule has 5 nitrogen and oxygen atoms in total. The number of unbranched alkanes of at least 4 members (excludes halogenated alkanes) is 1. The number of amides is 1. The second-order valence-electron chi connectivity index (χ2n) is 6.32. The van der Waals surface area contributed by atoms with Crippen LogP contribution in [-0.2, 0) is 21.1 Å². The van der Waals surface area contributed by atoms with Gasteiger partial charge in [-0.05, 0) is 49.1 Å². The highest BCUT2D eigenvalue weighted by Gasteiger charge is 2.20. The van der Waals surface area contributed by atoms with Gasteiger partial charge in [-0.3, -0.25) is 4.79 Å². The van der Waals surface area contributed by atoms with Crippen LogP contribution in [0.25, 0.3) is 0 Å². The molecule has 0 aliphatic carbocycles. The third-order valence-electron chi connectivity index (χ3n) is 4.18. The molecule has 0 spiro atoms. The fraction of sp³-hybridized carbons (Fsp3) is 0.350. The van der Waals surface area contributed by atoms with Crippen molar-refractivity contribution in [3.63, 3.8) is 0 Å². The molecule has 0 aliphatic rings. The molecule has 1 amide bonds. The number of benzene rings is 2. The van der Waals surface area contributed by atoms with Crippen molar-refractivity contribution in [2.75, 3.05) is 11.1 Å². The maximum atomic E-state index is 12.5. The molecule has 140 valence electrons. The van der Waals surface area contributed by atoms with E-state index >= 15 is 0 Å². The highest BCUT2D eigenvalue weighted by molar-refractivity contribution is 7.91. The minimum atomic E-state index is -3.46. The maximum Gasteiger partial charge on any atom is 0.241 e. The molecule has 1 unspecified atom stereocenters. The second kappa shape index (κ2) is 9.50. The topological polar surface area (TPSA) is 89.3 Å². The van der Waals surface area contributed by atoms with Crippen molar-refractivity contribution < 1.29 is 13.2 Å². The van der Waals surface area contributed by atoms with Crippen LogP contribution in [0.3, 0.4) is 0 Å². The fourth-order valence-electron chi connectivity index (χ4n) is 2.53. The lowest BCUT2D eigenvalue weighted by molar-refractivity contribution is -0.117. The number of carbonyl (C=O) groups is 1. The average molecular weight is 375 g/mol. The summed E-state index contributed by atoms with van der Waals surface area (Å²) in [6.07, 6.45) is 3.19. The summed E-state index contributed by atoms with van der Waals surface area (Å²) in [6.45, 7) is 2.12. The van der Waals surface area contributed by atoms with E-state index in [1.165, 1.54) is 0 Å². The van der Waals surface area contributed by atoms with E-state index in [9.17, 15) is 13.2 Å². The van der Waals surface area contributed by atoms with Gasteiger partial charge in [-0.15, -0.1) is 0 Å². The Balaban J connectivity index is 1.91. The smallest absolute Gasteiger partial charge is 0.241 e. The van der Waals surface area contributed by atoms with Gasteiger partial charge in [0.15, 0.2) is 9.84 Å². The first-order chi connectivity index (χ1) is 12.4. The van der Waals surface area contributed by atoms with Gasteiger partial charge in [0.1, 0.15) is 0 Å². The monoisotopic (exact) mass is 374 g/mol. The molecule has 26 heavy (non-hydrogen) atoms. The van der Waals surface area contributed by atoms with E-state index in [0.29, 0.717) is 5.69 Å². The highest BCUT2D eigenvalue weighted by atomic mass is 32.2. The van der Waals surface area contributed by atoms with Gasteiger partial charge in [0.2, 0.25) is 5.91 Å². The van der Waals surface area contributed by atoms with Gasteiger partial charge in [0.05, 0.1) is 16.7 Å². The number of para-hydroxylation sites is 1. The third-order valence-corrected chi connectivity index (χ3v) is 5.94. The molecule has 0 radical (unpaired) electrons. The molecule has 2 aromatic rings. The minimum Gasteiger partial charge on any atom is -0.325 e. The Kier molecular flexibility index (Phi) is 7.36. The largest absolute Gasteiger partial charge is 0.325 e. The van der Waals surface area contributed by atoms with Crippen LogP contribution in [0.4, 0.5) is 5.69 Å². The summed E-state index contributed by atoms with van der Waals surface area (Å²) in [6, 6.07) is 15.0. The lowest BCUT2D eigenvalue weighted by Crippen LogP contribution is -2.37. The summed E-state index contributed by atoms with van der Waals surface area (Å²) in [5.41, 5.74) is 7.62. The third kappa shape index (κ3) is 5.97. The molecule has 0 saturated carbocycles. The van der Waals surface area contributed by atoms with Crippen molar-refractivity contribution in [3.05, 3.63) is 60.2 Å². The van der Waals surface area contributed by atoms with E-state index in [2.05, 4.69) is 12.2 Å². The minimum absolute atomic E-state index is 0.0680. The van der Waals surface area contributed by atoms with Crippen LogP contribution >= 0.6 is 0 Å². The average Bonchev–Trinajstić information content (AvgIpc) is 2.65. The Labute approximate surface area is 155 Å². The van der Waals surface area contributed by atoms with Crippen LogP contribution in [0.15, 0.2) is 59.5 Å². The van der Waals surface area contributed by atoms with E-state index in [-0.39, 0.29) is 23.0 Å². The number of rotatable bonds is 9. The number of hydrogen-bond acceptors (Lipinski definition) is 4. The molecule has 1 atom stereocenters. The number of carbonyl (C=O) groups excluding carboxylic acids is 1. The van der Waals surface area contributed by atoms with Gasteiger partial charge in [-0.1, -0.05) is 43.7 Å². The summed E-state index contributed by atoms with van der Waals surface area (Å²) in [5, 5.41) is 2.69. The maximum absolute atomic E-state index is 12.5. The van der Waals surface area contributed by atoms with Crippen LogP contribution in [0.2, 0.25) is 0 Å². The number of nitrogens with one attached hydrogen (secondary N) is 1. The van der Waals surface area contributed by atoms with Gasteiger partial charge in [-0.2, -0.15) is 0 Å². The summed E-state index contributed by atoms with van der Waals surface area (Å²) < 4.78 is 24.9. The predicted octanol–water partition coefficient (Wildman–Crippen LogP) is 3.16. The Morgan fingerprint density at radius 1 is 1.08 bits per heavy atom. The van der Waals surface area contributed by atoms with E-state index in [1.807, 2.05) is 18.2 Å². The van der Waals surface area contributed by atoms with Crippen LogP contribution < -0.4 is 11.1 Å². The molecule has 0 heterocycles. The standard InChI is InChI=1S/C20H26N2O3S/c1-2-3-7-16-10-12-18(13-11-16)26(24,25)15-14-19(21)20(23)22-17-8-5-4-6-9-17/h4-6,8-13,19H,2-3,7,14-15,21H2,1H3,(H,22,23). The summed E-state index contributed by atoms with van der Waals surface area (Å²) in [4.78, 5) is 12.4. The van der Waals surface area contributed by atoms with E-state index in [4.69, 9.17) is 5.73 Å². The second-order valence-corrected chi connectivity index (χ2v) is 8.43. The molecule has 0 aromatic heterocycles. The number of hydrogen-bond donors (Lipinski definition) is 2. The Morgan fingerprint density at radius 3 is 2.35 bits per heavy atom. The molecule has 6 heteroatoms. The van der Waals surface area contributed by atoms with Crippen LogP contribution in [-0.4, -0.2) is 26.1 Å². The van der Waals surface area contributed by atoms with Crippen LogP contribution in [0.5, 0.6) is 0 Å². The fourth-order valence-corrected chi connectivity index (χ4v) is 3.88. The van der Waals surface area contributed by atoms with Crippen molar-refractivity contribution >= 4 is 21.4 Å². The molecule has 0 saturated heterocycles. The van der Waals surface area contributed by atoms with Gasteiger partial charge in [-0.25, -0.2) is 8.42 Å². The van der Waals surface area contributed by atoms with Crippen LogP contribution in [0, 0.1) is 0 Å². The van der Waals surface area contributed by atoms with Gasteiger partial charge < -0.3 is 11.1 Å². The number of aryl methyl sites for hydroxylation is 1. The van der Waals surface area contributed by atoms with Crippen molar-refractivity contribution in [3.8, 4) is 0 Å². The summed E-state index contributed by atoms with van der Waals surface area (Å²) in [5.74, 6) is -0.550. The SMILES string of the molecule is CCCCc1ccc(S(=O)(=O)CCC(N)C(=O)Nc2ccccc2)cc1. The number of anilines is 1. The molecular weight excluding hydrogens is 348 g/mol. The molecule has 0 fully saturated rings. The number of nitrogens with two attached hydrogens (primary N) is 1. The van der Waals surface area contributed by atoms with Gasteiger partial charge in [0.25, 0.3) is 0 Å². The first-order valence-electron chi connectivity index (χ1n) is 8.85. The zero-order chi connectivity index (χ0) is 19.0. The molecule has 0 bridgehead atoms. The zero-order valence-corrected chi connectivity index (χ0v) is 15.8. The lowest BCUT2D eigenvalue weighted by atomic mass is 10.1. The Morgan fingerprint density at radius 2 is 1.73 bits per heavy atom. The predicted molar refractivity (Wildman–Crippen MR) is 105 cm³/mol. The molecule has 2 rings (SSSR count). The lowest BCUT2D eigenvalue weighted by Gasteiger charge is -2.12. The van der Waals surface area contributed by atoms with Crippen molar-refractivity contribution in [1.29, 1.82) is 0 Å². The van der Waals surface area contributed by atoms with E-state index in [1.54, 1.807) is 36.4 Å². The van der Waals surface area contributed by atoms with Crippen molar-refractivity contribution in [2.45, 2.75) is 43.5 Å². The van der Waals surface area contributed by atoms with Crippen molar-refractivity contribution in [1.82, 2.24) is 0 Å². The zero-order valence-electron chi connectivity index (χ0n) is 15.0. The van der Waals surface area contributed by atoms with E-state index < -0.39 is 15.9 Å². The van der Waals surface area contributed by atoms with Gasteiger partial charge >= 0.3 is 0 Å². The summed E-state index contributed by atoms with van der Waals surface area (Å²) in [7, 11) is -3.46. The van der Waals surface area contributed by atoms with Gasteiger partial charge in [0, 0.05) is 5.69 Å². The number of sulfone groups is 1. The van der Waals surface area contributed by atoms with Crippen molar-refractivity contribution in [2.24, 2.45) is 5.73 Å². The normalized spacial score (nSPS) is 12.5. The van der Waals surface area contributed by atoms with Crippen LogP contribution in [0.1, 0.15) is 31.7 Å². The molecule has 2 aromatic carbocycles. The molecule has 3 N–H and O–H groups in total. The first kappa shape index (κ1) is 20.1. The Hall–Kier alpha value is -2.18. The summed E-state index contributed by atoms with van der Waals surface area (Å²) >= 11 is 0. The highest BCUT2D eigenvalue weighted by Crippen LogP contribution is 2.15. The molecule has 0 aliphatic heterocycles. The molecular formula is C20H26N2O3S.